The normalized spacial score (nSPS) is 10.4. The van der Waals surface area contributed by atoms with Gasteiger partial charge in [-0.2, -0.15) is 0 Å². The van der Waals surface area contributed by atoms with Crippen LogP contribution in [0.4, 0.5) is 5.69 Å². The predicted molar refractivity (Wildman–Crippen MR) is 80.1 cm³/mol. The third-order valence-electron chi connectivity index (χ3n) is 2.17. The lowest BCUT2D eigenvalue weighted by atomic mass is 10.3. The minimum atomic E-state index is 0.381. The number of hydrogen-bond donors (Lipinski definition) is 1. The Kier molecular flexibility index (Phi) is 4.28. The van der Waals surface area contributed by atoms with E-state index < -0.39 is 0 Å². The lowest BCUT2D eigenvalue weighted by Crippen LogP contribution is -1.93. The number of hydrogen-bond acceptors (Lipinski definition) is 2. The molecule has 2 N–H and O–H groups in total. The molecular weight excluding hydrogens is 360 g/mol. The Balaban J connectivity index is 2.37. The van der Waals surface area contributed by atoms with E-state index in [-0.39, 0.29) is 0 Å². The Morgan fingerprint density at radius 2 is 1.61 bits per heavy atom. The van der Waals surface area contributed by atoms with Gasteiger partial charge in [0.25, 0.3) is 0 Å². The van der Waals surface area contributed by atoms with E-state index in [1.807, 2.05) is 0 Å². The van der Waals surface area contributed by atoms with Crippen LogP contribution in [0.3, 0.4) is 0 Å². The molecule has 0 aromatic heterocycles. The Bertz CT molecular complexity index is 604. The molecule has 0 unspecified atom stereocenters. The van der Waals surface area contributed by atoms with E-state index in [1.54, 1.807) is 30.3 Å². The fourth-order valence-corrected chi connectivity index (χ4v) is 2.40. The molecule has 0 aliphatic carbocycles. The van der Waals surface area contributed by atoms with Gasteiger partial charge in [0.1, 0.15) is 5.75 Å². The molecule has 0 heterocycles. The van der Waals surface area contributed by atoms with Crippen LogP contribution < -0.4 is 10.5 Å². The first kappa shape index (κ1) is 13.8. The number of benzene rings is 2. The standard InChI is InChI=1S/C12H7BrCl3NO/c13-7-3-6(14)1-2-11(7)18-12-5-9(16)8(15)4-10(12)17/h1-5H,17H2. The quantitative estimate of drug-likeness (QED) is 0.683. The first-order chi connectivity index (χ1) is 8.47. The molecule has 2 aromatic rings. The van der Waals surface area contributed by atoms with E-state index in [0.29, 0.717) is 32.3 Å². The number of halogens is 4. The summed E-state index contributed by atoms with van der Waals surface area (Å²) in [6.07, 6.45) is 0. The zero-order valence-corrected chi connectivity index (χ0v) is 12.7. The lowest BCUT2D eigenvalue weighted by Gasteiger charge is -2.11. The van der Waals surface area contributed by atoms with Crippen LogP contribution in [0.2, 0.25) is 15.1 Å². The van der Waals surface area contributed by atoms with Gasteiger partial charge in [-0.25, -0.2) is 0 Å². The molecule has 94 valence electrons. The van der Waals surface area contributed by atoms with Crippen molar-refractivity contribution in [3.63, 3.8) is 0 Å². The Hall–Kier alpha value is -0.610. The van der Waals surface area contributed by atoms with Gasteiger partial charge < -0.3 is 10.5 Å². The van der Waals surface area contributed by atoms with Crippen LogP contribution in [-0.2, 0) is 0 Å². The minimum Gasteiger partial charge on any atom is -0.454 e. The molecule has 0 bridgehead atoms. The Labute approximate surface area is 128 Å². The summed E-state index contributed by atoms with van der Waals surface area (Å²) in [6.45, 7) is 0. The summed E-state index contributed by atoms with van der Waals surface area (Å²) in [5.74, 6) is 1.02. The molecule has 2 aromatic carbocycles. The molecule has 0 spiro atoms. The summed E-state index contributed by atoms with van der Waals surface area (Å²) in [6, 6.07) is 8.29. The van der Waals surface area contributed by atoms with Gasteiger partial charge in [0.15, 0.2) is 5.75 Å². The van der Waals surface area contributed by atoms with Crippen LogP contribution in [0.1, 0.15) is 0 Å². The molecule has 0 radical (unpaired) electrons. The monoisotopic (exact) mass is 365 g/mol. The summed E-state index contributed by atoms with van der Waals surface area (Å²) in [4.78, 5) is 0. The SMILES string of the molecule is Nc1cc(Cl)c(Cl)cc1Oc1ccc(Cl)cc1Br. The average molecular weight is 367 g/mol. The molecule has 2 nitrogen and oxygen atoms in total. The summed E-state index contributed by atoms with van der Waals surface area (Å²) in [7, 11) is 0. The maximum Gasteiger partial charge on any atom is 0.151 e. The molecule has 0 amide bonds. The average Bonchev–Trinajstić information content (AvgIpc) is 2.29. The van der Waals surface area contributed by atoms with E-state index in [0.717, 1.165) is 4.47 Å². The first-order valence-corrected chi connectivity index (χ1v) is 6.77. The van der Waals surface area contributed by atoms with E-state index >= 15 is 0 Å². The number of nitrogen functional groups attached to an aromatic ring is 1. The fourth-order valence-electron chi connectivity index (χ4n) is 1.31. The van der Waals surface area contributed by atoms with Crippen LogP contribution in [0.5, 0.6) is 11.5 Å². The van der Waals surface area contributed by atoms with Crippen molar-refractivity contribution in [3.8, 4) is 11.5 Å². The van der Waals surface area contributed by atoms with Crippen LogP contribution in [-0.4, -0.2) is 0 Å². The third kappa shape index (κ3) is 3.04. The maximum absolute atomic E-state index is 5.92. The second-order valence-electron chi connectivity index (χ2n) is 3.48. The molecule has 18 heavy (non-hydrogen) atoms. The van der Waals surface area contributed by atoms with Gasteiger partial charge in [0.2, 0.25) is 0 Å². The number of rotatable bonds is 2. The first-order valence-electron chi connectivity index (χ1n) is 4.85. The van der Waals surface area contributed by atoms with Gasteiger partial charge in [-0.3, -0.25) is 0 Å². The molecule has 2 rings (SSSR count). The summed E-state index contributed by atoms with van der Waals surface area (Å²) in [5, 5.41) is 1.37. The Morgan fingerprint density at radius 3 is 2.28 bits per heavy atom. The topological polar surface area (TPSA) is 35.2 Å². The highest BCUT2D eigenvalue weighted by molar-refractivity contribution is 9.10. The largest absolute Gasteiger partial charge is 0.454 e. The van der Waals surface area contributed by atoms with Crippen LogP contribution in [0.15, 0.2) is 34.8 Å². The van der Waals surface area contributed by atoms with Crippen molar-refractivity contribution >= 4 is 56.4 Å². The van der Waals surface area contributed by atoms with Crippen molar-refractivity contribution in [1.82, 2.24) is 0 Å². The highest BCUT2D eigenvalue weighted by Gasteiger charge is 2.09. The summed E-state index contributed by atoms with van der Waals surface area (Å²) in [5.41, 5.74) is 6.22. The van der Waals surface area contributed by atoms with Gasteiger partial charge in [-0.05, 0) is 40.2 Å². The van der Waals surface area contributed by atoms with E-state index in [2.05, 4.69) is 15.9 Å². The molecule has 0 aliphatic rings. The zero-order valence-electron chi connectivity index (χ0n) is 8.88. The fraction of sp³-hybridized carbons (Fsp3) is 0. The van der Waals surface area contributed by atoms with Gasteiger partial charge in [-0.15, -0.1) is 0 Å². The van der Waals surface area contributed by atoms with Crippen LogP contribution >= 0.6 is 50.7 Å². The van der Waals surface area contributed by atoms with Gasteiger partial charge in [0, 0.05) is 11.1 Å². The number of ether oxygens (including phenoxy) is 1. The minimum absolute atomic E-state index is 0.381. The van der Waals surface area contributed by atoms with Gasteiger partial charge >= 0.3 is 0 Å². The number of anilines is 1. The zero-order chi connectivity index (χ0) is 13.3. The smallest absolute Gasteiger partial charge is 0.151 e. The van der Waals surface area contributed by atoms with Crippen molar-refractivity contribution < 1.29 is 4.74 Å². The van der Waals surface area contributed by atoms with E-state index in [4.69, 9.17) is 45.3 Å². The van der Waals surface area contributed by atoms with Crippen molar-refractivity contribution in [2.24, 2.45) is 0 Å². The highest BCUT2D eigenvalue weighted by Crippen LogP contribution is 2.37. The molecule has 6 heteroatoms. The third-order valence-corrected chi connectivity index (χ3v) is 3.74. The molecule has 0 aliphatic heterocycles. The van der Waals surface area contributed by atoms with Crippen LogP contribution in [0, 0.1) is 0 Å². The Morgan fingerprint density at radius 1 is 0.944 bits per heavy atom. The lowest BCUT2D eigenvalue weighted by molar-refractivity contribution is 0.482. The van der Waals surface area contributed by atoms with Crippen molar-refractivity contribution in [2.45, 2.75) is 0 Å². The van der Waals surface area contributed by atoms with Crippen molar-refractivity contribution in [3.05, 3.63) is 49.9 Å². The van der Waals surface area contributed by atoms with E-state index in [9.17, 15) is 0 Å². The molecule has 0 saturated carbocycles. The van der Waals surface area contributed by atoms with E-state index in [1.165, 1.54) is 0 Å². The molecule has 0 fully saturated rings. The number of nitrogens with two attached hydrogens (primary N) is 1. The van der Waals surface area contributed by atoms with Crippen molar-refractivity contribution in [2.75, 3.05) is 5.73 Å². The molecule has 0 saturated heterocycles. The second-order valence-corrected chi connectivity index (χ2v) is 5.59. The maximum atomic E-state index is 5.92. The summed E-state index contributed by atoms with van der Waals surface area (Å²) < 4.78 is 6.38. The van der Waals surface area contributed by atoms with Crippen molar-refractivity contribution in [1.29, 1.82) is 0 Å². The van der Waals surface area contributed by atoms with Gasteiger partial charge in [0.05, 0.1) is 20.2 Å². The summed E-state index contributed by atoms with van der Waals surface area (Å²) >= 11 is 21.0. The predicted octanol–water partition coefficient (Wildman–Crippen LogP) is 5.78. The highest BCUT2D eigenvalue weighted by atomic mass is 79.9. The van der Waals surface area contributed by atoms with Gasteiger partial charge in [-0.1, -0.05) is 34.8 Å². The molecule has 0 atom stereocenters. The van der Waals surface area contributed by atoms with Crippen LogP contribution in [0.25, 0.3) is 0 Å². The molecular formula is C12H7BrCl3NO. The second kappa shape index (κ2) is 5.57.